The maximum Gasteiger partial charge on any atom is 0.255 e. The van der Waals surface area contributed by atoms with Crippen molar-refractivity contribution in [2.24, 2.45) is 7.05 Å². The molecular formula is C29H25FN6O3. The first-order valence-electron chi connectivity index (χ1n) is 12.2. The lowest BCUT2D eigenvalue weighted by molar-refractivity contribution is -0.111. The van der Waals surface area contributed by atoms with Gasteiger partial charge in [0.15, 0.2) is 0 Å². The summed E-state index contributed by atoms with van der Waals surface area (Å²) in [5.41, 5.74) is 9.78. The van der Waals surface area contributed by atoms with Crippen molar-refractivity contribution in [1.82, 2.24) is 14.9 Å². The molecule has 9 nitrogen and oxygen atoms in total. The third-order valence-corrected chi connectivity index (χ3v) is 6.69. The molecule has 0 saturated heterocycles. The van der Waals surface area contributed by atoms with Gasteiger partial charge in [-0.15, -0.1) is 0 Å². The lowest BCUT2D eigenvalue weighted by Gasteiger charge is -2.14. The summed E-state index contributed by atoms with van der Waals surface area (Å²) in [6.07, 6.45) is 4.35. The number of hydrogen-bond acceptors (Lipinski definition) is 6. The number of anilines is 2. The summed E-state index contributed by atoms with van der Waals surface area (Å²) < 4.78 is 22.5. The normalized spacial score (nSPS) is 12.6. The van der Waals surface area contributed by atoms with E-state index in [-0.39, 0.29) is 29.0 Å². The van der Waals surface area contributed by atoms with E-state index in [0.29, 0.717) is 44.6 Å². The molecule has 2 aromatic carbocycles. The summed E-state index contributed by atoms with van der Waals surface area (Å²) in [4.78, 5) is 28.7. The van der Waals surface area contributed by atoms with Crippen molar-refractivity contribution in [3.8, 4) is 34.2 Å². The van der Waals surface area contributed by atoms with Crippen LogP contribution in [0.1, 0.15) is 28.8 Å². The molecule has 1 aliphatic rings. The van der Waals surface area contributed by atoms with E-state index in [1.807, 2.05) is 0 Å². The van der Waals surface area contributed by atoms with Gasteiger partial charge in [-0.1, -0.05) is 18.7 Å². The number of carbonyl (C=O) groups is 2. The highest BCUT2D eigenvalue weighted by Crippen LogP contribution is 2.44. The number of aromatic nitrogens is 2. The Kier molecular flexibility index (Phi) is 6.50. The molecule has 0 bridgehead atoms. The lowest BCUT2D eigenvalue weighted by Crippen LogP contribution is -2.25. The van der Waals surface area contributed by atoms with Crippen molar-refractivity contribution < 1.29 is 18.7 Å². The zero-order valence-electron chi connectivity index (χ0n) is 21.3. The molecule has 2 amide bonds. The summed E-state index contributed by atoms with van der Waals surface area (Å²) in [6.45, 7) is 3.39. The number of benzene rings is 2. The highest BCUT2D eigenvalue weighted by molar-refractivity contribution is 6.11. The Morgan fingerprint density at radius 2 is 2.00 bits per heavy atom. The van der Waals surface area contributed by atoms with Crippen LogP contribution in [-0.4, -0.2) is 34.5 Å². The van der Waals surface area contributed by atoms with E-state index in [4.69, 9.17) is 10.5 Å². The molecular weight excluding hydrogens is 499 g/mol. The largest absolute Gasteiger partial charge is 0.496 e. The number of amides is 2. The van der Waals surface area contributed by atoms with Gasteiger partial charge < -0.3 is 25.7 Å². The monoisotopic (exact) mass is 524 g/mol. The molecule has 0 unspecified atom stereocenters. The fourth-order valence-electron chi connectivity index (χ4n) is 4.68. The first kappa shape index (κ1) is 25.5. The van der Waals surface area contributed by atoms with E-state index in [0.717, 1.165) is 18.9 Å². The highest BCUT2D eigenvalue weighted by Gasteiger charge is 2.27. The number of nitrogens with one attached hydrogen (secondary N) is 2. The average Bonchev–Trinajstić information content (AvgIpc) is 3.70. The van der Waals surface area contributed by atoms with Crippen molar-refractivity contribution in [2.45, 2.75) is 18.9 Å². The minimum absolute atomic E-state index is 0.00411. The van der Waals surface area contributed by atoms with Crippen LogP contribution in [0.3, 0.4) is 0 Å². The quantitative estimate of drug-likeness (QED) is 0.304. The van der Waals surface area contributed by atoms with Crippen molar-refractivity contribution in [2.75, 3.05) is 18.2 Å². The first-order chi connectivity index (χ1) is 18.8. The number of aryl methyl sites for hydroxylation is 1. The SMILES string of the molecule is C=CC(=O)Nc1ccc(-c2c(-c3ccc(C(=O)NC4CC4)c(OC)c3)c3c(N)ncc(C#N)c3n2C)cc1F. The number of nitrogens with zero attached hydrogens (tertiary/aromatic N) is 3. The van der Waals surface area contributed by atoms with Crippen molar-refractivity contribution >= 4 is 34.2 Å². The Labute approximate surface area is 223 Å². The molecule has 5 rings (SSSR count). The Hall–Kier alpha value is -5.17. The van der Waals surface area contributed by atoms with Crippen LogP contribution in [0.5, 0.6) is 5.75 Å². The Bertz CT molecular complexity index is 1710. The van der Waals surface area contributed by atoms with E-state index in [9.17, 15) is 14.9 Å². The molecule has 10 heteroatoms. The minimum Gasteiger partial charge on any atom is -0.496 e. The second kappa shape index (κ2) is 9.95. The van der Waals surface area contributed by atoms with Gasteiger partial charge in [0.2, 0.25) is 5.91 Å². The second-order valence-corrected chi connectivity index (χ2v) is 9.23. The predicted octanol–water partition coefficient (Wildman–Crippen LogP) is 4.53. The number of ether oxygens (including phenoxy) is 1. The molecule has 0 aliphatic heterocycles. The van der Waals surface area contributed by atoms with Crippen LogP contribution in [0, 0.1) is 17.1 Å². The topological polar surface area (TPSA) is 135 Å². The fourth-order valence-corrected chi connectivity index (χ4v) is 4.68. The molecule has 2 heterocycles. The average molecular weight is 525 g/mol. The standard InChI is InChI=1S/C29H25FN6O3/c1-4-23(37)35-21-10-6-16(11-20(21)30)26-24(25-27(36(26)2)17(13-31)14-33-28(25)32)15-5-9-19(22(12-15)39-3)29(38)34-18-7-8-18/h4-6,9-12,14,18H,1,7-8H2,2-3H3,(H2,32,33)(H,34,38)(H,35,37). The molecule has 0 spiro atoms. The van der Waals surface area contributed by atoms with Gasteiger partial charge in [-0.3, -0.25) is 9.59 Å². The molecule has 4 aromatic rings. The Morgan fingerprint density at radius 3 is 2.64 bits per heavy atom. The Morgan fingerprint density at radius 1 is 1.26 bits per heavy atom. The van der Waals surface area contributed by atoms with E-state index in [1.165, 1.54) is 25.4 Å². The van der Waals surface area contributed by atoms with Crippen molar-refractivity contribution in [1.29, 1.82) is 5.26 Å². The molecule has 39 heavy (non-hydrogen) atoms. The van der Waals surface area contributed by atoms with Gasteiger partial charge in [0.25, 0.3) is 5.91 Å². The van der Waals surface area contributed by atoms with E-state index in [2.05, 4.69) is 28.3 Å². The number of methoxy groups -OCH3 is 1. The molecule has 1 fully saturated rings. The molecule has 2 aromatic heterocycles. The summed E-state index contributed by atoms with van der Waals surface area (Å²) in [5, 5.41) is 15.7. The third kappa shape index (κ3) is 4.55. The van der Waals surface area contributed by atoms with Crippen LogP contribution in [0.2, 0.25) is 0 Å². The molecule has 4 N–H and O–H groups in total. The Balaban J connectivity index is 1.75. The fraction of sp³-hybridized carbons (Fsp3) is 0.172. The number of nitrogen functional groups attached to an aromatic ring is 1. The van der Waals surface area contributed by atoms with Gasteiger partial charge in [0.05, 0.1) is 40.5 Å². The zero-order valence-corrected chi connectivity index (χ0v) is 21.3. The summed E-state index contributed by atoms with van der Waals surface area (Å²) in [6, 6.07) is 11.9. The molecule has 0 atom stereocenters. The van der Waals surface area contributed by atoms with Gasteiger partial charge in [0.1, 0.15) is 23.5 Å². The number of pyridine rings is 1. The van der Waals surface area contributed by atoms with Gasteiger partial charge in [0, 0.05) is 30.4 Å². The summed E-state index contributed by atoms with van der Waals surface area (Å²) >= 11 is 0. The smallest absolute Gasteiger partial charge is 0.255 e. The third-order valence-electron chi connectivity index (χ3n) is 6.69. The number of carbonyl (C=O) groups excluding carboxylic acids is 2. The highest BCUT2D eigenvalue weighted by atomic mass is 19.1. The molecule has 1 saturated carbocycles. The maximum atomic E-state index is 15.1. The first-order valence-corrected chi connectivity index (χ1v) is 12.2. The van der Waals surface area contributed by atoms with Crippen LogP contribution >= 0.6 is 0 Å². The van der Waals surface area contributed by atoms with Crippen LogP contribution in [0.4, 0.5) is 15.9 Å². The van der Waals surface area contributed by atoms with Crippen LogP contribution in [-0.2, 0) is 11.8 Å². The van der Waals surface area contributed by atoms with Crippen molar-refractivity contribution in [3.05, 3.63) is 72.2 Å². The predicted molar refractivity (Wildman–Crippen MR) is 147 cm³/mol. The van der Waals surface area contributed by atoms with Crippen LogP contribution < -0.4 is 21.1 Å². The number of nitrogens with two attached hydrogens (primary N) is 1. The van der Waals surface area contributed by atoms with Gasteiger partial charge in [-0.25, -0.2) is 9.37 Å². The van der Waals surface area contributed by atoms with E-state index in [1.54, 1.807) is 35.9 Å². The number of nitriles is 1. The second-order valence-electron chi connectivity index (χ2n) is 9.23. The number of halogens is 1. The molecule has 1 aliphatic carbocycles. The molecule has 196 valence electrons. The van der Waals surface area contributed by atoms with Crippen molar-refractivity contribution in [3.63, 3.8) is 0 Å². The van der Waals surface area contributed by atoms with Crippen LogP contribution in [0.15, 0.2) is 55.3 Å². The lowest BCUT2D eigenvalue weighted by atomic mass is 9.96. The number of hydrogen-bond donors (Lipinski definition) is 3. The zero-order chi connectivity index (χ0) is 27.8. The molecule has 0 radical (unpaired) electrons. The summed E-state index contributed by atoms with van der Waals surface area (Å²) in [5.74, 6) is -0.889. The van der Waals surface area contributed by atoms with Gasteiger partial charge >= 0.3 is 0 Å². The maximum absolute atomic E-state index is 15.1. The minimum atomic E-state index is -0.657. The number of fused-ring (bicyclic) bond motifs is 1. The number of rotatable bonds is 7. The van der Waals surface area contributed by atoms with E-state index >= 15 is 4.39 Å². The van der Waals surface area contributed by atoms with Gasteiger partial charge in [-0.05, 0) is 48.7 Å². The summed E-state index contributed by atoms with van der Waals surface area (Å²) in [7, 11) is 3.23. The van der Waals surface area contributed by atoms with Gasteiger partial charge in [-0.2, -0.15) is 5.26 Å². The van der Waals surface area contributed by atoms with E-state index < -0.39 is 11.7 Å². The van der Waals surface area contributed by atoms with Crippen LogP contribution in [0.25, 0.3) is 33.3 Å².